The van der Waals surface area contributed by atoms with Crippen molar-refractivity contribution < 1.29 is 4.79 Å². The third kappa shape index (κ3) is 5.18. The van der Waals surface area contributed by atoms with E-state index in [9.17, 15) is 10.1 Å². The molecule has 5 nitrogen and oxygen atoms in total. The number of guanidine groups is 1. The highest BCUT2D eigenvalue weighted by atomic mass is 16.2. The normalized spacial score (nSPS) is 24.3. The highest BCUT2D eigenvalue weighted by Gasteiger charge is 2.46. The Labute approximate surface area is 182 Å². The second-order valence-electron chi connectivity index (χ2n) is 7.49. The summed E-state index contributed by atoms with van der Waals surface area (Å²) in [5, 5.41) is 9.34. The van der Waals surface area contributed by atoms with Gasteiger partial charge in [-0.2, -0.15) is 5.26 Å². The first-order valence-corrected chi connectivity index (χ1v) is 10.7. The van der Waals surface area contributed by atoms with Crippen LogP contribution < -0.4 is 5.73 Å². The third-order valence-corrected chi connectivity index (χ3v) is 5.70. The fourth-order valence-electron chi connectivity index (χ4n) is 3.88. The minimum Gasteiger partial charge on any atom is -0.369 e. The average molecular weight is 409 g/mol. The lowest BCUT2D eigenvalue weighted by Crippen LogP contribution is -2.55. The summed E-state index contributed by atoms with van der Waals surface area (Å²) in [7, 11) is 1.67. The topological polar surface area (TPSA) is 82.5 Å². The lowest BCUT2D eigenvalue weighted by molar-refractivity contribution is -0.132. The molecule has 0 spiro atoms. The van der Waals surface area contributed by atoms with E-state index in [0.717, 1.165) is 29.6 Å². The molecule has 0 bridgehead atoms. The van der Waals surface area contributed by atoms with Gasteiger partial charge in [-0.1, -0.05) is 51.5 Å². The van der Waals surface area contributed by atoms with Gasteiger partial charge in [-0.15, -0.1) is 0 Å². The summed E-state index contributed by atoms with van der Waals surface area (Å²) in [6, 6.07) is 2.22. The monoisotopic (exact) mass is 408 g/mol. The fourth-order valence-corrected chi connectivity index (χ4v) is 3.88. The molecule has 1 rings (SSSR count). The van der Waals surface area contributed by atoms with Crippen molar-refractivity contribution in [1.29, 1.82) is 5.26 Å². The number of hydrogen-bond donors (Lipinski definition) is 1. The smallest absolute Gasteiger partial charge is 0.234 e. The molecule has 1 aliphatic rings. The highest BCUT2D eigenvalue weighted by Crippen LogP contribution is 2.40. The predicted octanol–water partition coefficient (Wildman–Crippen LogP) is 5.20. The van der Waals surface area contributed by atoms with E-state index in [2.05, 4.69) is 26.0 Å². The first kappa shape index (κ1) is 25.2. The number of amides is 1. The van der Waals surface area contributed by atoms with Crippen molar-refractivity contribution >= 4 is 11.9 Å². The van der Waals surface area contributed by atoms with E-state index in [1.165, 1.54) is 4.90 Å². The van der Waals surface area contributed by atoms with Gasteiger partial charge < -0.3 is 5.73 Å². The summed E-state index contributed by atoms with van der Waals surface area (Å²) >= 11 is 0. The van der Waals surface area contributed by atoms with Gasteiger partial charge in [0, 0.05) is 12.6 Å². The average Bonchev–Trinajstić information content (AvgIpc) is 2.75. The molecule has 2 unspecified atom stereocenters. The van der Waals surface area contributed by atoms with Crippen molar-refractivity contribution in [3.05, 3.63) is 58.7 Å². The maximum atomic E-state index is 12.9. The Hall–Kier alpha value is -2.87. The number of nitrogens with two attached hydrogens (primary N) is 1. The minimum absolute atomic E-state index is 0.0275. The van der Waals surface area contributed by atoms with Crippen molar-refractivity contribution in [3.63, 3.8) is 0 Å². The molecule has 0 aromatic carbocycles. The zero-order valence-electron chi connectivity index (χ0n) is 19.5. The van der Waals surface area contributed by atoms with Gasteiger partial charge in [0.15, 0.2) is 5.96 Å². The standard InChI is InChI=1S/C25H36N4O/c1-8-13-22(16-21(12-5)20(11-4)15-19(10-3)17-26)25(14-9-2)18(6)23(30)29(7)24(27)28-25/h8,10,12-13,15-16,18H,9,11,14H2,1-7H3,(H2,27,28)/b13-8-,19-10+,20-15+,21-12+,22-16+. The van der Waals surface area contributed by atoms with Gasteiger partial charge in [0.05, 0.1) is 12.0 Å². The fraction of sp³-hybridized carbons (Fsp3) is 0.480. The first-order valence-electron chi connectivity index (χ1n) is 10.7. The molecule has 30 heavy (non-hydrogen) atoms. The van der Waals surface area contributed by atoms with E-state index in [-0.39, 0.29) is 17.8 Å². The Kier molecular flexibility index (Phi) is 9.52. The summed E-state index contributed by atoms with van der Waals surface area (Å²) in [5.41, 5.74) is 9.09. The van der Waals surface area contributed by atoms with Crippen LogP contribution in [0.3, 0.4) is 0 Å². The molecule has 0 saturated heterocycles. The Morgan fingerprint density at radius 3 is 2.40 bits per heavy atom. The lowest BCUT2D eigenvalue weighted by atomic mass is 9.73. The first-order chi connectivity index (χ1) is 14.3. The van der Waals surface area contributed by atoms with Crippen LogP contribution in [0, 0.1) is 17.2 Å². The van der Waals surface area contributed by atoms with Crippen LogP contribution in [0.15, 0.2) is 63.7 Å². The minimum atomic E-state index is -0.722. The van der Waals surface area contributed by atoms with Crippen molar-refractivity contribution in [2.75, 3.05) is 7.05 Å². The van der Waals surface area contributed by atoms with Crippen LogP contribution in [0.4, 0.5) is 0 Å². The molecular formula is C25H36N4O. The molecule has 2 N–H and O–H groups in total. The zero-order chi connectivity index (χ0) is 22.9. The molecule has 2 atom stereocenters. The van der Waals surface area contributed by atoms with Crippen molar-refractivity contribution in [3.8, 4) is 6.07 Å². The summed E-state index contributed by atoms with van der Waals surface area (Å²) in [4.78, 5) is 19.3. The molecule has 1 amide bonds. The van der Waals surface area contributed by atoms with E-state index in [1.54, 1.807) is 13.1 Å². The second-order valence-corrected chi connectivity index (χ2v) is 7.49. The molecule has 1 heterocycles. The van der Waals surface area contributed by atoms with Crippen LogP contribution in [-0.2, 0) is 4.79 Å². The van der Waals surface area contributed by atoms with E-state index < -0.39 is 5.54 Å². The van der Waals surface area contributed by atoms with E-state index in [0.29, 0.717) is 12.0 Å². The van der Waals surface area contributed by atoms with E-state index in [4.69, 9.17) is 10.7 Å². The molecule has 0 saturated carbocycles. The zero-order valence-corrected chi connectivity index (χ0v) is 19.5. The van der Waals surface area contributed by atoms with Crippen LogP contribution >= 0.6 is 0 Å². The van der Waals surface area contributed by atoms with Gasteiger partial charge in [-0.25, -0.2) is 4.99 Å². The SMILES string of the molecule is C\C=C/C(=C\C(=C/C)C(=C\C(C#N)=C/C)\CC)C1(CCC)N=C(N)N(C)C(=O)C1C. The lowest BCUT2D eigenvalue weighted by Gasteiger charge is -2.42. The molecule has 0 aliphatic carbocycles. The van der Waals surface area contributed by atoms with Crippen LogP contribution in [0.2, 0.25) is 0 Å². The second kappa shape index (κ2) is 11.3. The molecule has 1 aliphatic heterocycles. The Bertz CT molecular complexity index is 864. The number of nitriles is 1. The predicted molar refractivity (Wildman–Crippen MR) is 126 cm³/mol. The van der Waals surface area contributed by atoms with Gasteiger partial charge in [0.25, 0.3) is 0 Å². The third-order valence-electron chi connectivity index (χ3n) is 5.70. The number of aliphatic imine (C=N–C) groups is 1. The number of carbonyl (C=O) groups is 1. The molecular weight excluding hydrogens is 372 g/mol. The Balaban J connectivity index is 3.77. The van der Waals surface area contributed by atoms with Crippen LogP contribution in [0.25, 0.3) is 0 Å². The van der Waals surface area contributed by atoms with Gasteiger partial charge >= 0.3 is 0 Å². The maximum Gasteiger partial charge on any atom is 0.234 e. The van der Waals surface area contributed by atoms with Gasteiger partial charge in [-0.05, 0) is 62.5 Å². The van der Waals surface area contributed by atoms with Crippen LogP contribution in [0.1, 0.15) is 60.8 Å². The summed E-state index contributed by atoms with van der Waals surface area (Å²) in [5.74, 6) is -0.120. The van der Waals surface area contributed by atoms with E-state index in [1.807, 2.05) is 52.0 Å². The van der Waals surface area contributed by atoms with E-state index >= 15 is 0 Å². The summed E-state index contributed by atoms with van der Waals surface area (Å²) < 4.78 is 0. The molecule has 0 fully saturated rings. The Morgan fingerprint density at radius 2 is 1.93 bits per heavy atom. The van der Waals surface area contributed by atoms with Crippen molar-refractivity contribution in [1.82, 2.24) is 4.90 Å². The quantitative estimate of drug-likeness (QED) is 0.442. The number of nitrogens with zero attached hydrogens (tertiary/aromatic N) is 3. The number of allylic oxidation sites excluding steroid dienone is 8. The van der Waals surface area contributed by atoms with Crippen LogP contribution in [0.5, 0.6) is 0 Å². The summed E-state index contributed by atoms with van der Waals surface area (Å²) in [6.45, 7) is 11.9. The Morgan fingerprint density at radius 1 is 1.27 bits per heavy atom. The number of rotatable bonds is 8. The largest absolute Gasteiger partial charge is 0.369 e. The van der Waals surface area contributed by atoms with Crippen molar-refractivity contribution in [2.24, 2.45) is 16.6 Å². The van der Waals surface area contributed by atoms with Gasteiger partial charge in [0.2, 0.25) is 5.91 Å². The molecule has 0 aromatic rings. The molecule has 0 aromatic heterocycles. The van der Waals surface area contributed by atoms with Gasteiger partial charge in [-0.3, -0.25) is 9.69 Å². The maximum absolute atomic E-state index is 12.9. The highest BCUT2D eigenvalue weighted by molar-refractivity contribution is 6.00. The van der Waals surface area contributed by atoms with Gasteiger partial charge in [0.1, 0.15) is 5.54 Å². The summed E-state index contributed by atoms with van der Waals surface area (Å²) in [6.07, 6.45) is 14.2. The van der Waals surface area contributed by atoms with Crippen LogP contribution in [-0.4, -0.2) is 29.4 Å². The molecule has 162 valence electrons. The van der Waals surface area contributed by atoms with Crippen molar-refractivity contribution in [2.45, 2.75) is 66.3 Å². The molecule has 5 heteroatoms. The number of hydrogen-bond acceptors (Lipinski definition) is 4. The number of carbonyl (C=O) groups excluding carboxylic acids is 1. The molecule has 0 radical (unpaired) electrons.